The van der Waals surface area contributed by atoms with Crippen molar-refractivity contribution >= 4 is 22.8 Å². The van der Waals surface area contributed by atoms with Gasteiger partial charge in [-0.1, -0.05) is 35.6 Å². The van der Waals surface area contributed by atoms with Gasteiger partial charge in [0.05, 0.1) is 42.1 Å². The predicted molar refractivity (Wildman–Crippen MR) is 128 cm³/mol. The Morgan fingerprint density at radius 1 is 1.14 bits per heavy atom. The molecule has 1 aromatic carbocycles. The van der Waals surface area contributed by atoms with E-state index in [-0.39, 0.29) is 31.0 Å². The number of ether oxygens (including phenoxy) is 3. The maximum atomic E-state index is 9.91. The Bertz CT molecular complexity index is 1290. The Labute approximate surface area is 207 Å². The topological polar surface area (TPSA) is 113 Å². The number of fused-ring (bicyclic) bond motifs is 2. The number of pyridine rings is 1. The van der Waals surface area contributed by atoms with Gasteiger partial charge in [0.2, 0.25) is 0 Å². The predicted octanol–water partition coefficient (Wildman–Crippen LogP) is 1.60. The summed E-state index contributed by atoms with van der Waals surface area (Å²) in [5.41, 5.74) is 3.52. The zero-order chi connectivity index (χ0) is 23.9. The van der Waals surface area contributed by atoms with Gasteiger partial charge in [-0.05, 0) is 24.6 Å². The lowest BCUT2D eigenvalue weighted by molar-refractivity contribution is 0.00706. The van der Waals surface area contributed by atoms with Gasteiger partial charge in [-0.3, -0.25) is 4.90 Å². The number of aliphatic hydroxyl groups excluding tert-OH is 2. The van der Waals surface area contributed by atoms with E-state index in [9.17, 15) is 10.2 Å². The quantitative estimate of drug-likeness (QED) is 0.467. The van der Waals surface area contributed by atoms with Gasteiger partial charge >= 0.3 is 0 Å². The number of likely N-dealkylation sites (tertiary alicyclic amines) is 1. The molecule has 10 heteroatoms. The van der Waals surface area contributed by atoms with Crippen molar-refractivity contribution in [2.45, 2.75) is 36.9 Å². The molecule has 6 rings (SSSR count). The fourth-order valence-electron chi connectivity index (χ4n) is 4.76. The van der Waals surface area contributed by atoms with Gasteiger partial charge in [-0.2, -0.15) is 4.98 Å². The molecule has 3 aromatic rings. The number of benzene rings is 1. The molecule has 0 aliphatic carbocycles. The van der Waals surface area contributed by atoms with Gasteiger partial charge in [0, 0.05) is 24.2 Å². The van der Waals surface area contributed by atoms with E-state index >= 15 is 0 Å². The smallest absolute Gasteiger partial charge is 0.296 e. The van der Waals surface area contributed by atoms with Gasteiger partial charge in [-0.15, -0.1) is 0 Å². The van der Waals surface area contributed by atoms with E-state index in [1.165, 1.54) is 0 Å². The summed E-state index contributed by atoms with van der Waals surface area (Å²) in [7, 11) is 0. The number of nitrogens with one attached hydrogen (secondary N) is 1. The van der Waals surface area contributed by atoms with Crippen molar-refractivity contribution in [2.24, 2.45) is 0 Å². The molecule has 3 fully saturated rings. The Morgan fingerprint density at radius 3 is 2.77 bits per heavy atom. The van der Waals surface area contributed by atoms with Gasteiger partial charge in [0.15, 0.2) is 11.8 Å². The van der Waals surface area contributed by atoms with Crippen LogP contribution in [-0.4, -0.2) is 93.4 Å². The first-order valence-electron chi connectivity index (χ1n) is 11.7. The number of nitrogens with zero attached hydrogens (tertiary/aromatic N) is 3. The Hall–Kier alpha value is -2.71. The standard InChI is InChI=1S/C25H25ClN4O5/c26-17-10-18-24(29-25(27-18)35-20-13-34-22-19(32)12-33-23(20)22)28-21(17)15-5-3-14(4-6-15)2-1-8-30-9-7-16(31)11-30/h3-6,10,16,19-20,22-23,31-32H,7-9,11-13H2,(H,27,28,29)/t16?,19-,20-,22-,23-/m1/s1. The lowest BCUT2D eigenvalue weighted by Gasteiger charge is -2.15. The van der Waals surface area contributed by atoms with Gasteiger partial charge in [0.1, 0.15) is 18.3 Å². The van der Waals surface area contributed by atoms with Crippen molar-refractivity contribution in [3.8, 4) is 29.1 Å². The largest absolute Gasteiger partial charge is 0.456 e. The molecule has 35 heavy (non-hydrogen) atoms. The normalized spacial score (nSPS) is 28.3. The molecule has 5 atom stereocenters. The van der Waals surface area contributed by atoms with Crippen LogP contribution >= 0.6 is 11.6 Å². The van der Waals surface area contributed by atoms with Gasteiger partial charge in [-0.25, -0.2) is 4.98 Å². The minimum absolute atomic E-state index is 0.234. The minimum atomic E-state index is -0.635. The maximum Gasteiger partial charge on any atom is 0.296 e. The minimum Gasteiger partial charge on any atom is -0.456 e. The molecule has 3 saturated heterocycles. The third-order valence-corrected chi connectivity index (χ3v) is 6.88. The zero-order valence-corrected chi connectivity index (χ0v) is 19.6. The second kappa shape index (κ2) is 9.39. The average Bonchev–Trinajstić information content (AvgIpc) is 3.61. The molecule has 3 aliphatic heterocycles. The molecule has 0 saturated carbocycles. The van der Waals surface area contributed by atoms with Gasteiger partial charge < -0.3 is 29.4 Å². The molecule has 0 radical (unpaired) electrons. The number of rotatable bonds is 4. The van der Waals surface area contributed by atoms with E-state index in [4.69, 9.17) is 25.8 Å². The van der Waals surface area contributed by atoms with Crippen molar-refractivity contribution in [3.63, 3.8) is 0 Å². The summed E-state index contributed by atoms with van der Waals surface area (Å²) in [5.74, 6) is 6.34. The summed E-state index contributed by atoms with van der Waals surface area (Å²) in [4.78, 5) is 14.4. The molecule has 2 aromatic heterocycles. The summed E-state index contributed by atoms with van der Waals surface area (Å²) < 4.78 is 17.2. The van der Waals surface area contributed by atoms with Crippen molar-refractivity contribution < 1.29 is 24.4 Å². The summed E-state index contributed by atoms with van der Waals surface area (Å²) >= 11 is 6.54. The number of aliphatic hydroxyl groups is 2. The van der Waals surface area contributed by atoms with Crippen LogP contribution in [0.2, 0.25) is 5.02 Å². The van der Waals surface area contributed by atoms with Crippen LogP contribution in [0.5, 0.6) is 6.01 Å². The molecule has 0 spiro atoms. The lowest BCUT2D eigenvalue weighted by Crippen LogP contribution is -2.34. The van der Waals surface area contributed by atoms with E-state index in [0.717, 1.165) is 24.1 Å². The molecular formula is C25H25ClN4O5. The third kappa shape index (κ3) is 4.61. The number of hydrogen-bond acceptors (Lipinski definition) is 8. The first-order chi connectivity index (χ1) is 17.0. The average molecular weight is 497 g/mol. The second-order valence-corrected chi connectivity index (χ2v) is 9.52. The fourth-order valence-corrected chi connectivity index (χ4v) is 5.02. The number of hydrogen-bond donors (Lipinski definition) is 3. The van der Waals surface area contributed by atoms with Crippen LogP contribution in [0.3, 0.4) is 0 Å². The monoisotopic (exact) mass is 496 g/mol. The number of aromatic nitrogens is 3. The molecule has 3 N–H and O–H groups in total. The van der Waals surface area contributed by atoms with E-state index in [1.807, 2.05) is 24.3 Å². The lowest BCUT2D eigenvalue weighted by atomic mass is 10.1. The van der Waals surface area contributed by atoms with Crippen LogP contribution in [0.25, 0.3) is 22.4 Å². The molecule has 9 nitrogen and oxygen atoms in total. The van der Waals surface area contributed by atoms with Crippen LogP contribution < -0.4 is 4.74 Å². The number of aromatic amines is 1. The Balaban J connectivity index is 1.16. The molecule has 0 bridgehead atoms. The highest BCUT2D eigenvalue weighted by atomic mass is 35.5. The summed E-state index contributed by atoms with van der Waals surface area (Å²) in [6, 6.07) is 9.83. The van der Waals surface area contributed by atoms with Crippen LogP contribution in [0.1, 0.15) is 12.0 Å². The second-order valence-electron chi connectivity index (χ2n) is 9.11. The Kier molecular flexibility index (Phi) is 6.10. The highest BCUT2D eigenvalue weighted by molar-refractivity contribution is 6.33. The van der Waals surface area contributed by atoms with Gasteiger partial charge in [0.25, 0.3) is 6.01 Å². The zero-order valence-electron chi connectivity index (χ0n) is 18.9. The first-order valence-corrected chi connectivity index (χ1v) is 12.1. The van der Waals surface area contributed by atoms with Crippen molar-refractivity contribution in [3.05, 3.63) is 40.9 Å². The number of β-amino-alcohol motifs (C(OH)–C–C–N with tert-alkyl or cyclic N) is 1. The maximum absolute atomic E-state index is 9.91. The SMILES string of the molecule is OC1CCN(CC#Cc2ccc(-c3nc4nc(O[C@@H]5CO[C@H]6[C@@H]5OC[C@H]6O)[nH]c4cc3Cl)cc2)C1. The number of halogens is 1. The van der Waals surface area contributed by atoms with Crippen LogP contribution in [0.4, 0.5) is 0 Å². The highest BCUT2D eigenvalue weighted by Gasteiger charge is 2.48. The summed E-state index contributed by atoms with van der Waals surface area (Å²) in [6.45, 7) is 2.77. The van der Waals surface area contributed by atoms with Crippen molar-refractivity contribution in [2.75, 3.05) is 32.8 Å². The van der Waals surface area contributed by atoms with E-state index in [0.29, 0.717) is 47.6 Å². The van der Waals surface area contributed by atoms with E-state index in [1.54, 1.807) is 6.07 Å². The summed E-state index contributed by atoms with van der Waals surface area (Å²) in [5, 5.41) is 20.0. The number of imidazole rings is 1. The summed E-state index contributed by atoms with van der Waals surface area (Å²) in [6.07, 6.45) is -1.12. The molecule has 0 amide bonds. The van der Waals surface area contributed by atoms with E-state index in [2.05, 4.69) is 31.7 Å². The Morgan fingerprint density at radius 2 is 1.97 bits per heavy atom. The molecule has 1 unspecified atom stereocenters. The number of H-pyrrole nitrogens is 1. The fraction of sp³-hybridized carbons (Fsp3) is 0.440. The highest BCUT2D eigenvalue weighted by Crippen LogP contribution is 2.32. The van der Waals surface area contributed by atoms with Crippen molar-refractivity contribution in [1.29, 1.82) is 0 Å². The molecule has 3 aliphatic rings. The molecule has 5 heterocycles. The van der Waals surface area contributed by atoms with Crippen LogP contribution in [-0.2, 0) is 9.47 Å². The third-order valence-electron chi connectivity index (χ3n) is 6.59. The van der Waals surface area contributed by atoms with E-state index < -0.39 is 6.10 Å². The molecular weight excluding hydrogens is 472 g/mol. The van der Waals surface area contributed by atoms with Crippen LogP contribution in [0, 0.1) is 11.8 Å². The first kappa shape index (κ1) is 22.7. The van der Waals surface area contributed by atoms with Crippen molar-refractivity contribution in [1.82, 2.24) is 19.9 Å². The van der Waals surface area contributed by atoms with Crippen LogP contribution in [0.15, 0.2) is 30.3 Å². The molecule has 182 valence electrons.